The van der Waals surface area contributed by atoms with Gasteiger partial charge in [-0.15, -0.1) is 11.3 Å². The molecule has 9 heteroatoms. The van der Waals surface area contributed by atoms with Gasteiger partial charge >= 0.3 is 12.1 Å². The number of carbonyl (C=O) groups excluding carboxylic acids is 2. The Morgan fingerprint density at radius 2 is 1.50 bits per heavy atom. The quantitative estimate of drug-likeness (QED) is 0.186. The van der Waals surface area contributed by atoms with Gasteiger partial charge in [-0.2, -0.15) is 0 Å². The summed E-state index contributed by atoms with van der Waals surface area (Å²) in [4.78, 5) is 35.1. The van der Waals surface area contributed by atoms with E-state index in [4.69, 9.17) is 9.47 Å². The zero-order valence-corrected chi connectivity index (χ0v) is 26.0. The average molecular weight is 613 g/mol. The molecule has 44 heavy (non-hydrogen) atoms. The molecule has 0 spiro atoms. The smallest absolute Gasteiger partial charge is 0.407 e. The van der Waals surface area contributed by atoms with Crippen LogP contribution in [-0.2, 0) is 28.9 Å². The van der Waals surface area contributed by atoms with Gasteiger partial charge in [-0.3, -0.25) is 9.88 Å². The van der Waals surface area contributed by atoms with E-state index in [9.17, 15) is 9.59 Å². The molecule has 2 heterocycles. The Morgan fingerprint density at radius 3 is 2.07 bits per heavy atom. The number of ether oxygens (including phenoxy) is 2. The summed E-state index contributed by atoms with van der Waals surface area (Å²) in [5.41, 5.74) is 5.20. The zero-order chi connectivity index (χ0) is 30.6. The second-order valence-electron chi connectivity index (χ2n) is 11.1. The van der Waals surface area contributed by atoms with Crippen molar-refractivity contribution in [2.24, 2.45) is 0 Å². The summed E-state index contributed by atoms with van der Waals surface area (Å²) in [5, 5.41) is 3.34. The monoisotopic (exact) mass is 612 g/mol. The van der Waals surface area contributed by atoms with E-state index < -0.39 is 11.6 Å². The molecule has 0 radical (unpaired) electrons. The van der Waals surface area contributed by atoms with Crippen LogP contribution in [0.2, 0.25) is 0 Å². The topological polar surface area (TPSA) is 84.0 Å². The van der Waals surface area contributed by atoms with Crippen LogP contribution < -0.4 is 10.2 Å². The lowest BCUT2D eigenvalue weighted by molar-refractivity contribution is 0.0526. The van der Waals surface area contributed by atoms with Crippen LogP contribution in [-0.4, -0.2) is 66.8 Å². The van der Waals surface area contributed by atoms with Gasteiger partial charge < -0.3 is 19.7 Å². The van der Waals surface area contributed by atoms with E-state index in [0.29, 0.717) is 25.0 Å². The molecule has 1 aliphatic rings. The highest BCUT2D eigenvalue weighted by Gasteiger charge is 2.34. The van der Waals surface area contributed by atoms with Crippen LogP contribution in [0.1, 0.15) is 39.7 Å². The normalized spacial score (nSPS) is 13.8. The van der Waals surface area contributed by atoms with Crippen LogP contribution in [0.5, 0.6) is 0 Å². The molecule has 1 N–H and O–H groups in total. The third kappa shape index (κ3) is 8.90. The number of benzene rings is 3. The molecular formula is C35H40N4O4S. The van der Waals surface area contributed by atoms with Crippen LogP contribution in [0.15, 0.2) is 96.6 Å². The van der Waals surface area contributed by atoms with Crippen LogP contribution in [0.4, 0.5) is 10.5 Å². The summed E-state index contributed by atoms with van der Waals surface area (Å²) >= 11 is 1.47. The second kappa shape index (κ2) is 15.5. The van der Waals surface area contributed by atoms with Gasteiger partial charge in [0.05, 0.1) is 28.1 Å². The number of alkyl carbamates (subject to hydrolysis) is 1. The van der Waals surface area contributed by atoms with E-state index in [1.807, 2.05) is 67.6 Å². The summed E-state index contributed by atoms with van der Waals surface area (Å²) in [7, 11) is 0. The number of rotatable bonds is 13. The number of nitrogens with one attached hydrogen (secondary N) is 1. The fourth-order valence-electron chi connectivity index (χ4n) is 5.69. The van der Waals surface area contributed by atoms with Gasteiger partial charge in [0.15, 0.2) is 0 Å². The summed E-state index contributed by atoms with van der Waals surface area (Å²) in [5.74, 6) is -0.292. The molecule has 230 valence electrons. The first-order chi connectivity index (χ1) is 21.5. The zero-order valence-electron chi connectivity index (χ0n) is 25.2. The van der Waals surface area contributed by atoms with E-state index in [-0.39, 0.29) is 12.6 Å². The third-order valence-corrected chi connectivity index (χ3v) is 8.74. The van der Waals surface area contributed by atoms with E-state index >= 15 is 0 Å². The van der Waals surface area contributed by atoms with E-state index in [2.05, 4.69) is 44.4 Å². The van der Waals surface area contributed by atoms with Gasteiger partial charge in [0, 0.05) is 44.6 Å². The molecule has 8 nitrogen and oxygen atoms in total. The predicted octanol–water partition coefficient (Wildman–Crippen LogP) is 5.98. The number of aromatic nitrogens is 1. The standard InChI is InChI=1S/C35H40N4O4S/c1-2-42-33(40)30-13-15-31(16-14-30)39-21-19-38(20-22-39)18-17-35(23-28-9-5-3-6-10-28,24-29-11-7-4-8-12-29)37-34(41)43-26-32-25-36-27-44-32/h3-16,25,27H,2,17-24,26H2,1H3,(H,37,41). The van der Waals surface area contributed by atoms with Gasteiger partial charge in [-0.1, -0.05) is 60.7 Å². The maximum absolute atomic E-state index is 13.3. The first-order valence-corrected chi connectivity index (χ1v) is 16.0. The molecule has 0 bridgehead atoms. The SMILES string of the molecule is CCOC(=O)c1ccc(N2CCN(CCC(Cc3ccccc3)(Cc3ccccc3)NC(=O)OCc3cncs3)CC2)cc1. The fourth-order valence-corrected chi connectivity index (χ4v) is 6.20. The molecule has 1 aliphatic heterocycles. The van der Waals surface area contributed by atoms with Crippen molar-refractivity contribution in [2.45, 2.75) is 38.3 Å². The Balaban J connectivity index is 1.27. The minimum Gasteiger partial charge on any atom is -0.462 e. The van der Waals surface area contributed by atoms with Crippen molar-refractivity contribution in [1.29, 1.82) is 0 Å². The minimum atomic E-state index is -0.548. The summed E-state index contributed by atoms with van der Waals surface area (Å²) in [6.45, 7) is 6.79. The first-order valence-electron chi connectivity index (χ1n) is 15.2. The maximum atomic E-state index is 13.3. The van der Waals surface area contributed by atoms with E-state index in [1.54, 1.807) is 11.7 Å². The molecule has 3 aromatic carbocycles. The van der Waals surface area contributed by atoms with E-state index in [0.717, 1.165) is 49.7 Å². The number of nitrogens with zero attached hydrogens (tertiary/aromatic N) is 3. The average Bonchev–Trinajstić information content (AvgIpc) is 3.58. The maximum Gasteiger partial charge on any atom is 0.407 e. The number of piperazine rings is 1. The molecule has 1 aromatic heterocycles. The lowest BCUT2D eigenvalue weighted by Gasteiger charge is -2.40. The van der Waals surface area contributed by atoms with Crippen molar-refractivity contribution in [3.8, 4) is 0 Å². The molecule has 5 rings (SSSR count). The number of carbonyl (C=O) groups is 2. The van der Waals surface area contributed by atoms with Gasteiger partial charge in [0.1, 0.15) is 6.61 Å². The van der Waals surface area contributed by atoms with Crippen LogP contribution >= 0.6 is 11.3 Å². The van der Waals surface area contributed by atoms with Gasteiger partial charge in [0.2, 0.25) is 0 Å². The molecular weight excluding hydrogens is 572 g/mol. The van der Waals surface area contributed by atoms with Gasteiger partial charge in [-0.05, 0) is 61.6 Å². The highest BCUT2D eigenvalue weighted by molar-refractivity contribution is 7.09. The third-order valence-electron chi connectivity index (χ3n) is 7.99. The van der Waals surface area contributed by atoms with Crippen molar-refractivity contribution >= 4 is 29.1 Å². The molecule has 1 fully saturated rings. The molecule has 0 saturated carbocycles. The van der Waals surface area contributed by atoms with Crippen molar-refractivity contribution in [3.63, 3.8) is 0 Å². The molecule has 1 saturated heterocycles. The Kier molecular flexibility index (Phi) is 11.0. The summed E-state index contributed by atoms with van der Waals surface area (Å²) in [6, 6.07) is 28.4. The molecule has 0 atom stereocenters. The number of anilines is 1. The fraction of sp³-hybridized carbons (Fsp3) is 0.343. The lowest BCUT2D eigenvalue weighted by Crippen LogP contribution is -2.55. The summed E-state index contributed by atoms with van der Waals surface area (Å²) in [6.07, 6.45) is 3.45. The molecule has 0 aliphatic carbocycles. The number of hydrogen-bond acceptors (Lipinski definition) is 8. The number of hydrogen-bond donors (Lipinski definition) is 1. The highest BCUT2D eigenvalue weighted by Crippen LogP contribution is 2.26. The second-order valence-corrected chi connectivity index (χ2v) is 12.1. The van der Waals surface area contributed by atoms with Gasteiger partial charge in [-0.25, -0.2) is 9.59 Å². The van der Waals surface area contributed by atoms with Crippen LogP contribution in [0, 0.1) is 0 Å². The van der Waals surface area contributed by atoms with Crippen LogP contribution in [0.25, 0.3) is 0 Å². The molecule has 1 amide bonds. The van der Waals surface area contributed by atoms with Crippen molar-refractivity contribution in [3.05, 3.63) is 118 Å². The van der Waals surface area contributed by atoms with Crippen LogP contribution in [0.3, 0.4) is 0 Å². The summed E-state index contributed by atoms with van der Waals surface area (Å²) < 4.78 is 10.8. The van der Waals surface area contributed by atoms with Crippen molar-refractivity contribution in [1.82, 2.24) is 15.2 Å². The lowest BCUT2D eigenvalue weighted by atomic mass is 9.81. The number of amides is 1. The van der Waals surface area contributed by atoms with Crippen molar-refractivity contribution in [2.75, 3.05) is 44.2 Å². The first kappa shape index (κ1) is 31.2. The Labute approximate surface area is 263 Å². The number of esters is 1. The van der Waals surface area contributed by atoms with E-state index in [1.165, 1.54) is 22.5 Å². The molecule has 0 unspecified atom stereocenters. The Hall–Kier alpha value is -4.21. The predicted molar refractivity (Wildman–Crippen MR) is 174 cm³/mol. The van der Waals surface area contributed by atoms with Crippen molar-refractivity contribution < 1.29 is 19.1 Å². The number of thiazole rings is 1. The largest absolute Gasteiger partial charge is 0.462 e. The van der Waals surface area contributed by atoms with Gasteiger partial charge in [0.25, 0.3) is 0 Å². The highest BCUT2D eigenvalue weighted by atomic mass is 32.1. The Morgan fingerprint density at radius 1 is 0.864 bits per heavy atom. The molecule has 4 aromatic rings. The Bertz CT molecular complexity index is 1400. The minimum absolute atomic E-state index is 0.200.